The van der Waals surface area contributed by atoms with Crippen LogP contribution < -0.4 is 11.1 Å². The van der Waals surface area contributed by atoms with Crippen molar-refractivity contribution in [1.29, 1.82) is 0 Å². The van der Waals surface area contributed by atoms with Gasteiger partial charge in [-0.2, -0.15) is 0 Å². The predicted octanol–water partition coefficient (Wildman–Crippen LogP) is 2.14. The van der Waals surface area contributed by atoms with Crippen LogP contribution in [0.15, 0.2) is 18.3 Å². The Morgan fingerprint density at radius 2 is 2.10 bits per heavy atom. The summed E-state index contributed by atoms with van der Waals surface area (Å²) in [4.78, 5) is 7.39. The minimum absolute atomic E-state index is 0.427. The molecular formula is C15H22N4S. The summed E-state index contributed by atoms with van der Waals surface area (Å²) in [5, 5.41) is 3.57. The Balaban J connectivity index is 1.69. The molecule has 2 saturated heterocycles. The average Bonchev–Trinajstić information content (AvgIpc) is 2.40. The second-order valence-electron chi connectivity index (χ2n) is 6.01. The predicted molar refractivity (Wildman–Crippen MR) is 86.0 cm³/mol. The van der Waals surface area contributed by atoms with Gasteiger partial charge in [-0.05, 0) is 44.9 Å². The zero-order valence-corrected chi connectivity index (χ0v) is 12.7. The van der Waals surface area contributed by atoms with E-state index in [9.17, 15) is 0 Å². The molecule has 1 aromatic heterocycles. The number of thiocarbonyl (C=S) groups is 1. The van der Waals surface area contributed by atoms with Crippen LogP contribution in [0, 0.1) is 0 Å². The molecule has 0 aromatic carbocycles. The molecule has 20 heavy (non-hydrogen) atoms. The monoisotopic (exact) mass is 290 g/mol. The van der Waals surface area contributed by atoms with Crippen molar-refractivity contribution >= 4 is 23.0 Å². The van der Waals surface area contributed by atoms with Gasteiger partial charge in [0.2, 0.25) is 0 Å². The summed E-state index contributed by atoms with van der Waals surface area (Å²) in [5.74, 6) is 0.892. The zero-order valence-electron chi connectivity index (χ0n) is 11.9. The van der Waals surface area contributed by atoms with Gasteiger partial charge < -0.3 is 16.0 Å². The van der Waals surface area contributed by atoms with E-state index in [2.05, 4.69) is 22.2 Å². The lowest BCUT2D eigenvalue weighted by Crippen LogP contribution is -2.52. The van der Waals surface area contributed by atoms with E-state index >= 15 is 0 Å². The first-order valence-electron chi connectivity index (χ1n) is 7.38. The van der Waals surface area contributed by atoms with Gasteiger partial charge in [0.1, 0.15) is 10.8 Å². The molecule has 0 radical (unpaired) electrons. The van der Waals surface area contributed by atoms with E-state index < -0.39 is 0 Å². The van der Waals surface area contributed by atoms with Crippen molar-refractivity contribution in [3.8, 4) is 0 Å². The Morgan fingerprint density at radius 3 is 2.75 bits per heavy atom. The summed E-state index contributed by atoms with van der Waals surface area (Å²) in [6.07, 6.45) is 8.20. The van der Waals surface area contributed by atoms with Crippen LogP contribution in [0.3, 0.4) is 0 Å². The van der Waals surface area contributed by atoms with Crippen LogP contribution in [-0.4, -0.2) is 40.0 Å². The zero-order chi connectivity index (χ0) is 14.1. The molecule has 3 heterocycles. The van der Waals surface area contributed by atoms with Gasteiger partial charge in [0.25, 0.3) is 0 Å². The molecule has 0 amide bonds. The maximum Gasteiger partial charge on any atom is 0.126 e. The number of pyridine rings is 1. The number of fused-ring (bicyclic) bond motifs is 2. The minimum atomic E-state index is 0.427. The lowest BCUT2D eigenvalue weighted by Gasteiger charge is -2.47. The number of nitrogens with zero attached hydrogens (tertiary/aromatic N) is 2. The molecule has 0 aliphatic carbocycles. The Hall–Kier alpha value is -1.20. The van der Waals surface area contributed by atoms with Crippen molar-refractivity contribution in [2.75, 3.05) is 12.4 Å². The Bertz CT molecular complexity index is 490. The SMILES string of the molecule is CN1C2CCCC1CC(Nc1cc(C(N)=S)ccn1)C2. The van der Waals surface area contributed by atoms with Gasteiger partial charge in [-0.3, -0.25) is 0 Å². The van der Waals surface area contributed by atoms with E-state index in [4.69, 9.17) is 18.0 Å². The van der Waals surface area contributed by atoms with Gasteiger partial charge >= 0.3 is 0 Å². The number of anilines is 1. The van der Waals surface area contributed by atoms with Crippen molar-refractivity contribution < 1.29 is 0 Å². The number of nitrogens with one attached hydrogen (secondary N) is 1. The number of hydrogen-bond donors (Lipinski definition) is 2. The van der Waals surface area contributed by atoms with E-state index in [0.717, 1.165) is 23.5 Å². The fourth-order valence-electron chi connectivity index (χ4n) is 3.61. The molecule has 2 bridgehead atoms. The van der Waals surface area contributed by atoms with Gasteiger partial charge in [0.05, 0.1) is 0 Å². The van der Waals surface area contributed by atoms with E-state index in [0.29, 0.717) is 11.0 Å². The van der Waals surface area contributed by atoms with Crippen molar-refractivity contribution in [3.63, 3.8) is 0 Å². The average molecular weight is 290 g/mol. The van der Waals surface area contributed by atoms with Crippen LogP contribution >= 0.6 is 12.2 Å². The van der Waals surface area contributed by atoms with Gasteiger partial charge in [-0.25, -0.2) is 4.98 Å². The lowest BCUT2D eigenvalue weighted by atomic mass is 9.82. The molecule has 0 saturated carbocycles. The molecule has 3 N–H and O–H groups in total. The van der Waals surface area contributed by atoms with Gasteiger partial charge in [0.15, 0.2) is 0 Å². The number of piperidine rings is 2. The third kappa shape index (κ3) is 2.79. The highest BCUT2D eigenvalue weighted by Crippen LogP contribution is 2.33. The van der Waals surface area contributed by atoms with E-state index in [1.165, 1.54) is 32.1 Å². The molecule has 4 nitrogen and oxygen atoms in total. The number of rotatable bonds is 3. The Morgan fingerprint density at radius 1 is 1.40 bits per heavy atom. The quantitative estimate of drug-likeness (QED) is 0.835. The third-order valence-corrected chi connectivity index (χ3v) is 4.97. The second-order valence-corrected chi connectivity index (χ2v) is 6.45. The van der Waals surface area contributed by atoms with Crippen molar-refractivity contribution in [2.24, 2.45) is 5.73 Å². The number of nitrogens with two attached hydrogens (primary N) is 1. The molecule has 108 valence electrons. The summed E-state index contributed by atoms with van der Waals surface area (Å²) >= 11 is 5.02. The van der Waals surface area contributed by atoms with Crippen LogP contribution in [0.25, 0.3) is 0 Å². The smallest absolute Gasteiger partial charge is 0.126 e. The molecule has 0 spiro atoms. The Labute approximate surface area is 125 Å². The lowest BCUT2D eigenvalue weighted by molar-refractivity contribution is 0.0608. The van der Waals surface area contributed by atoms with Crippen LogP contribution in [0.5, 0.6) is 0 Å². The normalized spacial score (nSPS) is 29.9. The highest BCUT2D eigenvalue weighted by atomic mass is 32.1. The van der Waals surface area contributed by atoms with Crippen molar-refractivity contribution in [3.05, 3.63) is 23.9 Å². The largest absolute Gasteiger partial charge is 0.389 e. The first-order valence-corrected chi connectivity index (χ1v) is 7.78. The Kier molecular flexibility index (Phi) is 3.89. The van der Waals surface area contributed by atoms with Gasteiger partial charge in [0, 0.05) is 29.9 Å². The van der Waals surface area contributed by atoms with Crippen molar-refractivity contribution in [1.82, 2.24) is 9.88 Å². The summed E-state index contributed by atoms with van der Waals surface area (Å²) in [6, 6.07) is 5.76. The summed E-state index contributed by atoms with van der Waals surface area (Å²) in [5.41, 5.74) is 6.56. The van der Waals surface area contributed by atoms with E-state index in [-0.39, 0.29) is 0 Å². The molecular weight excluding hydrogens is 268 g/mol. The summed E-state index contributed by atoms with van der Waals surface area (Å²) in [6.45, 7) is 0. The molecule has 2 atom stereocenters. The van der Waals surface area contributed by atoms with E-state index in [1.54, 1.807) is 6.20 Å². The first-order chi connectivity index (χ1) is 9.63. The van der Waals surface area contributed by atoms with Gasteiger partial charge in [-0.1, -0.05) is 18.6 Å². The minimum Gasteiger partial charge on any atom is -0.389 e. The number of hydrogen-bond acceptors (Lipinski definition) is 4. The molecule has 2 aliphatic rings. The third-order valence-electron chi connectivity index (χ3n) is 4.74. The van der Waals surface area contributed by atoms with E-state index in [1.807, 2.05) is 12.1 Å². The molecule has 2 fully saturated rings. The van der Waals surface area contributed by atoms with Crippen molar-refractivity contribution in [2.45, 2.75) is 50.2 Å². The van der Waals surface area contributed by atoms with Crippen LogP contribution in [0.1, 0.15) is 37.7 Å². The molecule has 3 rings (SSSR count). The highest BCUT2D eigenvalue weighted by Gasteiger charge is 2.35. The highest BCUT2D eigenvalue weighted by molar-refractivity contribution is 7.80. The standard InChI is InChI=1S/C15H22N4S/c1-19-12-3-2-4-13(19)9-11(8-12)18-14-7-10(15(16)20)5-6-17-14/h5-7,11-13H,2-4,8-9H2,1H3,(H2,16,20)(H,17,18). The van der Waals surface area contributed by atoms with Gasteiger partial charge in [-0.15, -0.1) is 0 Å². The molecule has 2 aliphatic heterocycles. The molecule has 1 aromatic rings. The maximum absolute atomic E-state index is 5.68. The number of aromatic nitrogens is 1. The second kappa shape index (κ2) is 5.66. The van der Waals surface area contributed by atoms with Crippen LogP contribution in [0.4, 0.5) is 5.82 Å². The summed E-state index contributed by atoms with van der Waals surface area (Å²) in [7, 11) is 2.27. The topological polar surface area (TPSA) is 54.2 Å². The fraction of sp³-hybridized carbons (Fsp3) is 0.600. The van der Waals surface area contributed by atoms with Crippen LogP contribution in [-0.2, 0) is 0 Å². The maximum atomic E-state index is 5.68. The molecule has 2 unspecified atom stereocenters. The first kappa shape index (κ1) is 13.8. The van der Waals surface area contributed by atoms with Crippen LogP contribution in [0.2, 0.25) is 0 Å². The molecule has 5 heteroatoms. The summed E-state index contributed by atoms with van der Waals surface area (Å²) < 4.78 is 0. The fourth-order valence-corrected chi connectivity index (χ4v) is 3.73.